The van der Waals surface area contributed by atoms with Crippen molar-refractivity contribution in [3.05, 3.63) is 29.3 Å². The van der Waals surface area contributed by atoms with Gasteiger partial charge in [-0.15, -0.1) is 0 Å². The molecule has 1 atom stereocenters. The Hall–Kier alpha value is -1.10. The summed E-state index contributed by atoms with van der Waals surface area (Å²) in [6.45, 7) is 8.74. The van der Waals surface area contributed by atoms with Gasteiger partial charge < -0.3 is 15.2 Å². The molecule has 1 aliphatic heterocycles. The monoisotopic (exact) mass is 264 g/mol. The number of aliphatic hydroxyl groups is 1. The number of aryl methyl sites for hydroxylation is 2. The maximum atomic E-state index is 9.53. The van der Waals surface area contributed by atoms with Gasteiger partial charge in [0, 0.05) is 26.2 Å². The molecule has 1 heterocycles. The average molecular weight is 264 g/mol. The minimum Gasteiger partial charge on any atom is -0.492 e. The van der Waals surface area contributed by atoms with Gasteiger partial charge in [0.15, 0.2) is 0 Å². The van der Waals surface area contributed by atoms with Crippen LogP contribution < -0.4 is 10.1 Å². The highest BCUT2D eigenvalue weighted by Gasteiger charge is 2.20. The van der Waals surface area contributed by atoms with E-state index in [1.165, 1.54) is 5.56 Å². The molecule has 4 heteroatoms. The van der Waals surface area contributed by atoms with Gasteiger partial charge in [-0.2, -0.15) is 0 Å². The molecule has 1 saturated heterocycles. The second-order valence-corrected chi connectivity index (χ2v) is 5.20. The summed E-state index contributed by atoms with van der Waals surface area (Å²) in [5.41, 5.74) is 2.39. The summed E-state index contributed by atoms with van der Waals surface area (Å²) in [7, 11) is 0. The minimum absolute atomic E-state index is 0.0859. The van der Waals surface area contributed by atoms with Gasteiger partial charge >= 0.3 is 0 Å². The molecule has 1 fully saturated rings. The van der Waals surface area contributed by atoms with E-state index in [0.717, 1.165) is 37.5 Å². The van der Waals surface area contributed by atoms with Gasteiger partial charge in [-0.05, 0) is 25.5 Å². The first-order valence-electron chi connectivity index (χ1n) is 6.96. The summed E-state index contributed by atoms with van der Waals surface area (Å²) < 4.78 is 5.88. The molecule has 0 spiro atoms. The summed E-state index contributed by atoms with van der Waals surface area (Å²) >= 11 is 0. The van der Waals surface area contributed by atoms with Crippen molar-refractivity contribution in [3.8, 4) is 5.75 Å². The highest BCUT2D eigenvalue weighted by Crippen LogP contribution is 2.19. The van der Waals surface area contributed by atoms with Crippen LogP contribution >= 0.6 is 0 Å². The van der Waals surface area contributed by atoms with E-state index < -0.39 is 0 Å². The van der Waals surface area contributed by atoms with E-state index in [0.29, 0.717) is 6.61 Å². The lowest BCUT2D eigenvalue weighted by Crippen LogP contribution is -2.51. The van der Waals surface area contributed by atoms with Gasteiger partial charge in [-0.25, -0.2) is 0 Å². The van der Waals surface area contributed by atoms with Crippen LogP contribution in [0.25, 0.3) is 0 Å². The number of nitrogens with one attached hydrogen (secondary N) is 1. The third-order valence-electron chi connectivity index (χ3n) is 3.64. The summed E-state index contributed by atoms with van der Waals surface area (Å²) in [6.07, 6.45) is 0. The molecule has 0 amide bonds. The third kappa shape index (κ3) is 3.93. The Labute approximate surface area is 115 Å². The van der Waals surface area contributed by atoms with Crippen LogP contribution in [-0.4, -0.2) is 55.4 Å². The SMILES string of the molecule is Cc1ccc(OCC(CO)N2CCNCC2)c(C)c1. The zero-order valence-corrected chi connectivity index (χ0v) is 11.9. The second kappa shape index (κ2) is 6.89. The number of ether oxygens (including phenoxy) is 1. The van der Waals surface area contributed by atoms with Crippen molar-refractivity contribution in [2.75, 3.05) is 39.4 Å². The summed E-state index contributed by atoms with van der Waals surface area (Å²) in [6, 6.07) is 6.27. The van der Waals surface area contributed by atoms with Crippen LogP contribution in [0, 0.1) is 13.8 Å². The Bertz CT molecular complexity index is 403. The first-order chi connectivity index (χ1) is 9.20. The molecule has 1 aliphatic rings. The maximum Gasteiger partial charge on any atom is 0.122 e. The quantitative estimate of drug-likeness (QED) is 0.831. The lowest BCUT2D eigenvalue weighted by atomic mass is 10.1. The Morgan fingerprint density at radius 3 is 2.68 bits per heavy atom. The van der Waals surface area contributed by atoms with Gasteiger partial charge in [-0.3, -0.25) is 4.90 Å². The molecule has 2 N–H and O–H groups in total. The molecule has 1 aromatic carbocycles. The first-order valence-corrected chi connectivity index (χ1v) is 6.96. The van der Waals surface area contributed by atoms with E-state index in [1.807, 2.05) is 6.07 Å². The lowest BCUT2D eigenvalue weighted by molar-refractivity contribution is 0.0732. The number of aliphatic hydroxyl groups excluding tert-OH is 1. The van der Waals surface area contributed by atoms with Crippen LogP contribution in [0.5, 0.6) is 5.75 Å². The van der Waals surface area contributed by atoms with Crippen molar-refractivity contribution < 1.29 is 9.84 Å². The van der Waals surface area contributed by atoms with Crippen molar-refractivity contribution in [1.29, 1.82) is 0 Å². The summed E-state index contributed by atoms with van der Waals surface area (Å²) in [4.78, 5) is 2.29. The van der Waals surface area contributed by atoms with Crippen LogP contribution in [0.4, 0.5) is 0 Å². The number of nitrogens with zero attached hydrogens (tertiary/aromatic N) is 1. The maximum absolute atomic E-state index is 9.53. The Morgan fingerprint density at radius 2 is 2.05 bits per heavy atom. The van der Waals surface area contributed by atoms with Gasteiger partial charge in [-0.1, -0.05) is 17.7 Å². The number of benzene rings is 1. The third-order valence-corrected chi connectivity index (χ3v) is 3.64. The molecular formula is C15H24N2O2. The van der Waals surface area contributed by atoms with Crippen molar-refractivity contribution in [3.63, 3.8) is 0 Å². The molecule has 0 aromatic heterocycles. The van der Waals surface area contributed by atoms with Crippen LogP contribution in [0.1, 0.15) is 11.1 Å². The predicted octanol–water partition coefficient (Wildman–Crippen LogP) is 0.948. The fourth-order valence-electron chi connectivity index (χ4n) is 2.47. The van der Waals surface area contributed by atoms with E-state index in [9.17, 15) is 5.11 Å². The van der Waals surface area contributed by atoms with E-state index in [1.54, 1.807) is 0 Å². The average Bonchev–Trinajstić information content (AvgIpc) is 2.43. The molecule has 4 nitrogen and oxygen atoms in total. The molecular weight excluding hydrogens is 240 g/mol. The number of rotatable bonds is 5. The molecule has 0 bridgehead atoms. The van der Waals surface area contributed by atoms with Gasteiger partial charge in [0.1, 0.15) is 12.4 Å². The Kier molecular flexibility index (Phi) is 5.19. The van der Waals surface area contributed by atoms with Gasteiger partial charge in [0.05, 0.1) is 12.6 Å². The molecule has 0 radical (unpaired) electrons. The molecule has 1 aromatic rings. The Balaban J connectivity index is 1.91. The zero-order valence-electron chi connectivity index (χ0n) is 11.9. The summed E-state index contributed by atoms with van der Waals surface area (Å²) in [5.74, 6) is 0.916. The van der Waals surface area contributed by atoms with Crippen molar-refractivity contribution >= 4 is 0 Å². The number of piperazine rings is 1. The van der Waals surface area contributed by atoms with Crippen LogP contribution in [0.2, 0.25) is 0 Å². The van der Waals surface area contributed by atoms with E-state index in [4.69, 9.17) is 4.74 Å². The number of hydrogen-bond donors (Lipinski definition) is 2. The lowest BCUT2D eigenvalue weighted by Gasteiger charge is -2.33. The molecule has 0 saturated carbocycles. The van der Waals surface area contributed by atoms with Crippen molar-refractivity contribution in [2.24, 2.45) is 0 Å². The van der Waals surface area contributed by atoms with E-state index in [-0.39, 0.29) is 12.6 Å². The number of hydrogen-bond acceptors (Lipinski definition) is 4. The fourth-order valence-corrected chi connectivity index (χ4v) is 2.47. The van der Waals surface area contributed by atoms with E-state index >= 15 is 0 Å². The minimum atomic E-state index is 0.0859. The highest BCUT2D eigenvalue weighted by molar-refractivity contribution is 5.35. The molecule has 2 rings (SSSR count). The van der Waals surface area contributed by atoms with Crippen LogP contribution in [0.3, 0.4) is 0 Å². The van der Waals surface area contributed by atoms with Crippen molar-refractivity contribution in [2.45, 2.75) is 19.9 Å². The smallest absolute Gasteiger partial charge is 0.122 e. The largest absolute Gasteiger partial charge is 0.492 e. The molecule has 106 valence electrons. The van der Waals surface area contributed by atoms with Crippen LogP contribution in [-0.2, 0) is 0 Å². The van der Waals surface area contributed by atoms with Gasteiger partial charge in [0.25, 0.3) is 0 Å². The van der Waals surface area contributed by atoms with E-state index in [2.05, 4.69) is 36.2 Å². The molecule has 1 unspecified atom stereocenters. The van der Waals surface area contributed by atoms with Gasteiger partial charge in [0.2, 0.25) is 0 Å². The highest BCUT2D eigenvalue weighted by atomic mass is 16.5. The normalized spacial score (nSPS) is 18.3. The second-order valence-electron chi connectivity index (χ2n) is 5.20. The topological polar surface area (TPSA) is 44.7 Å². The zero-order chi connectivity index (χ0) is 13.7. The summed E-state index contributed by atoms with van der Waals surface area (Å²) in [5, 5.41) is 12.8. The predicted molar refractivity (Wildman–Crippen MR) is 76.7 cm³/mol. The van der Waals surface area contributed by atoms with Crippen molar-refractivity contribution in [1.82, 2.24) is 10.2 Å². The first kappa shape index (κ1) is 14.3. The van der Waals surface area contributed by atoms with Crippen LogP contribution in [0.15, 0.2) is 18.2 Å². The molecule has 19 heavy (non-hydrogen) atoms. The fraction of sp³-hybridized carbons (Fsp3) is 0.600. The standard InChI is InChI=1S/C15H24N2O2/c1-12-3-4-15(13(2)9-12)19-11-14(10-18)17-7-5-16-6-8-17/h3-4,9,14,16,18H,5-8,10-11H2,1-2H3. The Morgan fingerprint density at radius 1 is 1.32 bits per heavy atom. The molecule has 0 aliphatic carbocycles.